The Morgan fingerprint density at radius 2 is 2.08 bits per heavy atom. The third kappa shape index (κ3) is 5.21. The van der Waals surface area contributed by atoms with Gasteiger partial charge in [0.1, 0.15) is 0 Å². The van der Waals surface area contributed by atoms with Gasteiger partial charge in [-0.3, -0.25) is 30.0 Å². The second-order valence-electron chi connectivity index (χ2n) is 5.44. The van der Waals surface area contributed by atoms with E-state index >= 15 is 0 Å². The number of nitrogens with zero attached hydrogens (tertiary/aromatic N) is 1. The fraction of sp³-hybridized carbons (Fsp3) is 0.375. The van der Waals surface area contributed by atoms with Crippen molar-refractivity contribution in [3.8, 4) is 0 Å². The fourth-order valence-corrected chi connectivity index (χ4v) is 2.79. The lowest BCUT2D eigenvalue weighted by Crippen LogP contribution is -2.42. The first-order valence-electron chi connectivity index (χ1n) is 7.57. The first-order chi connectivity index (χ1) is 11.9. The minimum atomic E-state index is -0.655. The van der Waals surface area contributed by atoms with Gasteiger partial charge in [0.15, 0.2) is 6.61 Å². The predicted molar refractivity (Wildman–Crippen MR) is 91.6 cm³/mol. The van der Waals surface area contributed by atoms with Gasteiger partial charge >= 0.3 is 5.97 Å². The molecule has 3 amide bonds. The highest BCUT2D eigenvalue weighted by atomic mass is 32.2. The zero-order valence-electron chi connectivity index (χ0n) is 13.9. The number of hydrazine groups is 1. The second-order valence-corrected chi connectivity index (χ2v) is 6.32. The van der Waals surface area contributed by atoms with Crippen molar-refractivity contribution in [2.45, 2.75) is 18.2 Å². The van der Waals surface area contributed by atoms with Crippen LogP contribution >= 0.6 is 11.8 Å². The summed E-state index contributed by atoms with van der Waals surface area (Å²) in [7, 11) is 0. The molecule has 0 bridgehead atoms. The van der Waals surface area contributed by atoms with Gasteiger partial charge < -0.3 is 9.64 Å². The first kappa shape index (κ1) is 18.8. The molecule has 1 saturated heterocycles. The smallest absolute Gasteiger partial charge is 0.311 e. The lowest BCUT2D eigenvalue weighted by molar-refractivity contribution is -0.152. The van der Waals surface area contributed by atoms with Crippen molar-refractivity contribution in [3.63, 3.8) is 0 Å². The number of hydrogen-bond acceptors (Lipinski definition) is 6. The van der Waals surface area contributed by atoms with Crippen LogP contribution in [-0.4, -0.2) is 43.1 Å². The van der Waals surface area contributed by atoms with Crippen LogP contribution in [0.25, 0.3) is 0 Å². The molecule has 0 unspecified atom stereocenters. The summed E-state index contributed by atoms with van der Waals surface area (Å²) in [6.45, 7) is 0.922. The number of benzene rings is 1. The highest BCUT2D eigenvalue weighted by Gasteiger charge is 2.36. The van der Waals surface area contributed by atoms with E-state index in [9.17, 15) is 19.2 Å². The molecule has 134 valence electrons. The number of hydrogen-bond donors (Lipinski definition) is 2. The standard InChI is InChI=1S/C16H19N3O5S/c1-10(20)17-18-14(21)9-24-16(23)11-6-15(22)19(8-11)12-4-3-5-13(7-12)25-2/h3-5,7,11H,6,8-9H2,1-2H3,(H,17,20)(H,18,21)/t11-/m1/s1. The highest BCUT2D eigenvalue weighted by molar-refractivity contribution is 7.98. The van der Waals surface area contributed by atoms with Crippen LogP contribution < -0.4 is 15.8 Å². The molecule has 0 spiro atoms. The minimum Gasteiger partial charge on any atom is -0.455 e. The summed E-state index contributed by atoms with van der Waals surface area (Å²) in [5, 5.41) is 0. The lowest BCUT2D eigenvalue weighted by Gasteiger charge is -2.17. The van der Waals surface area contributed by atoms with E-state index in [0.29, 0.717) is 0 Å². The van der Waals surface area contributed by atoms with E-state index in [1.165, 1.54) is 6.92 Å². The Morgan fingerprint density at radius 1 is 1.32 bits per heavy atom. The average molecular weight is 365 g/mol. The largest absolute Gasteiger partial charge is 0.455 e. The summed E-state index contributed by atoms with van der Waals surface area (Å²) in [5.74, 6) is -2.50. The zero-order chi connectivity index (χ0) is 18.4. The van der Waals surface area contributed by atoms with Crippen LogP contribution in [0.5, 0.6) is 0 Å². The van der Waals surface area contributed by atoms with Crippen LogP contribution in [0.4, 0.5) is 5.69 Å². The van der Waals surface area contributed by atoms with Gasteiger partial charge in [0.05, 0.1) is 5.92 Å². The minimum absolute atomic E-state index is 0.0373. The van der Waals surface area contributed by atoms with Gasteiger partial charge in [-0.2, -0.15) is 0 Å². The van der Waals surface area contributed by atoms with Crippen LogP contribution in [0.1, 0.15) is 13.3 Å². The molecule has 9 heteroatoms. The number of ether oxygens (including phenoxy) is 1. The van der Waals surface area contributed by atoms with E-state index in [2.05, 4.69) is 10.9 Å². The molecule has 1 aliphatic rings. The van der Waals surface area contributed by atoms with Gasteiger partial charge in [0, 0.05) is 30.5 Å². The molecular formula is C16H19N3O5S. The maximum atomic E-state index is 12.2. The third-order valence-electron chi connectivity index (χ3n) is 3.55. The monoisotopic (exact) mass is 365 g/mol. The number of carbonyl (C=O) groups excluding carboxylic acids is 4. The molecule has 8 nitrogen and oxygen atoms in total. The van der Waals surface area contributed by atoms with Crippen molar-refractivity contribution < 1.29 is 23.9 Å². The van der Waals surface area contributed by atoms with E-state index in [1.54, 1.807) is 16.7 Å². The Hall–Kier alpha value is -2.55. The maximum Gasteiger partial charge on any atom is 0.311 e. The van der Waals surface area contributed by atoms with Gasteiger partial charge in [-0.1, -0.05) is 6.07 Å². The van der Waals surface area contributed by atoms with Gasteiger partial charge in [0.25, 0.3) is 5.91 Å². The van der Waals surface area contributed by atoms with Crippen LogP contribution in [0, 0.1) is 5.92 Å². The Labute approximate surface area is 149 Å². The summed E-state index contributed by atoms with van der Waals surface area (Å²) in [4.78, 5) is 48.9. The van der Waals surface area contributed by atoms with Crippen molar-refractivity contribution in [1.29, 1.82) is 0 Å². The van der Waals surface area contributed by atoms with Crippen molar-refractivity contribution in [3.05, 3.63) is 24.3 Å². The predicted octanol–water partition coefficient (Wildman–Crippen LogP) is 0.472. The first-order valence-corrected chi connectivity index (χ1v) is 8.79. The summed E-state index contributed by atoms with van der Waals surface area (Å²) >= 11 is 1.56. The molecule has 1 atom stereocenters. The number of thioether (sulfide) groups is 1. The van der Waals surface area contributed by atoms with Crippen LogP contribution in [0.3, 0.4) is 0 Å². The summed E-state index contributed by atoms with van der Waals surface area (Å²) < 4.78 is 4.91. The molecule has 0 radical (unpaired) electrons. The summed E-state index contributed by atoms with van der Waals surface area (Å²) in [5.41, 5.74) is 4.91. The summed E-state index contributed by atoms with van der Waals surface area (Å²) in [6.07, 6.45) is 1.98. The van der Waals surface area contributed by atoms with E-state index in [0.717, 1.165) is 10.6 Å². The Kier molecular flexibility index (Phi) is 6.40. The molecule has 1 aromatic rings. The Balaban J connectivity index is 1.89. The molecule has 2 N–H and O–H groups in total. The van der Waals surface area contributed by atoms with E-state index in [-0.39, 0.29) is 18.9 Å². The van der Waals surface area contributed by atoms with E-state index in [1.807, 2.05) is 30.5 Å². The third-order valence-corrected chi connectivity index (χ3v) is 4.27. The molecule has 0 aromatic heterocycles. The highest BCUT2D eigenvalue weighted by Crippen LogP contribution is 2.28. The number of esters is 1. The molecule has 0 saturated carbocycles. The number of anilines is 1. The fourth-order valence-electron chi connectivity index (χ4n) is 2.34. The Morgan fingerprint density at radius 3 is 2.76 bits per heavy atom. The molecule has 1 aliphatic heterocycles. The maximum absolute atomic E-state index is 12.2. The molecule has 25 heavy (non-hydrogen) atoms. The normalized spacial score (nSPS) is 16.5. The van der Waals surface area contributed by atoms with Crippen LogP contribution in [0.2, 0.25) is 0 Å². The lowest BCUT2D eigenvalue weighted by atomic mass is 10.1. The topological polar surface area (TPSA) is 105 Å². The average Bonchev–Trinajstić information content (AvgIpc) is 2.99. The number of nitrogens with one attached hydrogen (secondary N) is 2. The van der Waals surface area contributed by atoms with Crippen molar-refractivity contribution in [2.75, 3.05) is 24.3 Å². The second kappa shape index (κ2) is 8.52. The van der Waals surface area contributed by atoms with E-state index < -0.39 is 30.3 Å². The molecular weight excluding hydrogens is 346 g/mol. The van der Waals surface area contributed by atoms with Crippen LogP contribution in [0.15, 0.2) is 29.2 Å². The van der Waals surface area contributed by atoms with Crippen LogP contribution in [-0.2, 0) is 23.9 Å². The number of amides is 3. The van der Waals surface area contributed by atoms with Crippen molar-refractivity contribution in [2.24, 2.45) is 5.92 Å². The zero-order valence-corrected chi connectivity index (χ0v) is 14.7. The van der Waals surface area contributed by atoms with Gasteiger partial charge in [-0.25, -0.2) is 0 Å². The van der Waals surface area contributed by atoms with Gasteiger partial charge in [-0.15, -0.1) is 11.8 Å². The Bertz CT molecular complexity index is 694. The van der Waals surface area contributed by atoms with E-state index in [4.69, 9.17) is 4.74 Å². The van der Waals surface area contributed by atoms with Crippen molar-refractivity contribution >= 4 is 41.1 Å². The molecule has 2 rings (SSSR count). The van der Waals surface area contributed by atoms with Crippen molar-refractivity contribution in [1.82, 2.24) is 10.9 Å². The molecule has 1 fully saturated rings. The SMILES string of the molecule is CSc1cccc(N2C[C@H](C(=O)OCC(=O)NNC(C)=O)CC2=O)c1. The quantitative estimate of drug-likeness (QED) is 0.447. The summed E-state index contributed by atoms with van der Waals surface area (Å²) in [6, 6.07) is 7.49. The molecule has 1 heterocycles. The number of carbonyl (C=O) groups is 4. The number of rotatable bonds is 5. The molecule has 0 aliphatic carbocycles. The molecule has 1 aromatic carbocycles. The van der Waals surface area contributed by atoms with Gasteiger partial charge in [-0.05, 0) is 24.5 Å². The van der Waals surface area contributed by atoms with Gasteiger partial charge in [0.2, 0.25) is 11.8 Å².